The van der Waals surface area contributed by atoms with Crippen LogP contribution in [-0.2, 0) is 14.3 Å². The fourth-order valence-electron chi connectivity index (χ4n) is 2.82. The Morgan fingerprint density at radius 3 is 2.48 bits per heavy atom. The van der Waals surface area contributed by atoms with Crippen molar-refractivity contribution >= 4 is 35.9 Å². The topological polar surface area (TPSA) is 63.2 Å². The molecule has 6 nitrogen and oxygen atoms in total. The van der Waals surface area contributed by atoms with Crippen LogP contribution in [0.4, 0.5) is 0 Å². The molecule has 0 amide bonds. The lowest BCUT2D eigenvalue weighted by molar-refractivity contribution is -0.149. The number of piperidine rings is 1. The Kier molecular flexibility index (Phi) is 8.60. The van der Waals surface area contributed by atoms with Gasteiger partial charge in [0.25, 0.3) is 0 Å². The third kappa shape index (κ3) is 5.77. The molecule has 0 unspecified atom stereocenters. The lowest BCUT2D eigenvalue weighted by Crippen LogP contribution is -2.48. The number of carbonyl (C=O) groups is 1. The molecule has 0 aromatic rings. The fourth-order valence-corrected chi connectivity index (χ4v) is 2.82. The van der Waals surface area contributed by atoms with Crippen molar-refractivity contribution in [3.05, 3.63) is 0 Å². The first-order chi connectivity index (χ1) is 10.6. The largest absolute Gasteiger partial charge is 0.466 e. The first-order valence-electron chi connectivity index (χ1n) is 8.35. The van der Waals surface area contributed by atoms with Crippen LogP contribution in [0.5, 0.6) is 0 Å². The maximum Gasteiger partial charge on any atom is 0.309 e. The second-order valence-electron chi connectivity index (χ2n) is 6.49. The molecule has 134 valence electrons. The minimum absolute atomic E-state index is 0. The number of likely N-dealkylation sites (tertiary alicyclic amines) is 1. The normalized spacial score (nSPS) is 21.2. The molecule has 0 radical (unpaired) electrons. The van der Waals surface area contributed by atoms with Gasteiger partial charge >= 0.3 is 5.97 Å². The molecule has 2 saturated heterocycles. The van der Waals surface area contributed by atoms with E-state index in [2.05, 4.69) is 24.1 Å². The molecule has 1 N–H and O–H groups in total. The molecule has 2 heterocycles. The molecule has 0 spiro atoms. The summed E-state index contributed by atoms with van der Waals surface area (Å²) < 4.78 is 10.4. The van der Waals surface area contributed by atoms with Crippen molar-refractivity contribution in [2.45, 2.75) is 33.6 Å². The second-order valence-corrected chi connectivity index (χ2v) is 6.49. The summed E-state index contributed by atoms with van der Waals surface area (Å²) in [5, 5.41) is 3.36. The molecule has 0 bridgehead atoms. The number of nitrogens with zero attached hydrogens (tertiary/aromatic N) is 2. The third-order valence-corrected chi connectivity index (χ3v) is 4.26. The van der Waals surface area contributed by atoms with E-state index < -0.39 is 0 Å². The molecular formula is C16H30IN3O3. The molecule has 2 aliphatic heterocycles. The van der Waals surface area contributed by atoms with Gasteiger partial charge in [-0.2, -0.15) is 0 Å². The minimum atomic E-state index is -0.0526. The average molecular weight is 439 g/mol. The van der Waals surface area contributed by atoms with Crippen LogP contribution in [0.15, 0.2) is 4.99 Å². The zero-order valence-corrected chi connectivity index (χ0v) is 16.8. The van der Waals surface area contributed by atoms with Crippen LogP contribution in [0, 0.1) is 11.3 Å². The third-order valence-electron chi connectivity index (χ3n) is 4.26. The first kappa shape index (κ1) is 20.5. The second kappa shape index (κ2) is 9.66. The van der Waals surface area contributed by atoms with Gasteiger partial charge in [0.1, 0.15) is 0 Å². The standard InChI is InChI=1S/C16H29N3O3.HI/c1-4-17-15(18-10-16(3)11-21-12-16)19-8-6-13(7-9-19)14(20)22-5-2;/h13H,4-12H2,1-3H3,(H,17,18);1H. The molecule has 7 heteroatoms. The summed E-state index contributed by atoms with van der Waals surface area (Å²) in [7, 11) is 0. The van der Waals surface area contributed by atoms with E-state index in [1.807, 2.05) is 6.92 Å². The number of hydrogen-bond acceptors (Lipinski definition) is 4. The Labute approximate surface area is 156 Å². The van der Waals surface area contributed by atoms with Crippen molar-refractivity contribution in [1.29, 1.82) is 0 Å². The molecule has 2 fully saturated rings. The van der Waals surface area contributed by atoms with E-state index in [9.17, 15) is 4.79 Å². The Bertz CT molecular complexity index is 405. The Hall–Kier alpha value is -0.570. The highest BCUT2D eigenvalue weighted by Gasteiger charge is 2.34. The van der Waals surface area contributed by atoms with Crippen molar-refractivity contribution < 1.29 is 14.3 Å². The van der Waals surface area contributed by atoms with E-state index >= 15 is 0 Å². The van der Waals surface area contributed by atoms with Crippen molar-refractivity contribution in [3.8, 4) is 0 Å². The van der Waals surface area contributed by atoms with E-state index in [-0.39, 0.29) is 41.3 Å². The lowest BCUT2D eigenvalue weighted by Gasteiger charge is -2.38. The van der Waals surface area contributed by atoms with Crippen LogP contribution in [0.2, 0.25) is 0 Å². The molecule has 0 aromatic carbocycles. The Morgan fingerprint density at radius 2 is 2.00 bits per heavy atom. The van der Waals surface area contributed by atoms with E-state index in [4.69, 9.17) is 14.5 Å². The van der Waals surface area contributed by atoms with Crippen LogP contribution in [0.25, 0.3) is 0 Å². The van der Waals surface area contributed by atoms with Gasteiger partial charge in [0.2, 0.25) is 0 Å². The smallest absolute Gasteiger partial charge is 0.309 e. The van der Waals surface area contributed by atoms with Crippen molar-refractivity contribution in [3.63, 3.8) is 0 Å². The summed E-state index contributed by atoms with van der Waals surface area (Å²) in [6.07, 6.45) is 1.67. The van der Waals surface area contributed by atoms with Crippen molar-refractivity contribution in [2.24, 2.45) is 16.3 Å². The van der Waals surface area contributed by atoms with Crippen LogP contribution in [0.1, 0.15) is 33.6 Å². The maximum atomic E-state index is 11.8. The number of guanidine groups is 1. The van der Waals surface area contributed by atoms with Gasteiger partial charge in [-0.3, -0.25) is 9.79 Å². The number of halogens is 1. The molecular weight excluding hydrogens is 409 g/mol. The van der Waals surface area contributed by atoms with Gasteiger partial charge < -0.3 is 19.7 Å². The number of carbonyl (C=O) groups excluding carboxylic acids is 1. The molecule has 0 atom stereocenters. The van der Waals surface area contributed by atoms with Gasteiger partial charge in [0, 0.05) is 25.0 Å². The van der Waals surface area contributed by atoms with Gasteiger partial charge in [0.15, 0.2) is 5.96 Å². The Morgan fingerprint density at radius 1 is 1.35 bits per heavy atom. The van der Waals surface area contributed by atoms with Crippen LogP contribution >= 0.6 is 24.0 Å². The summed E-state index contributed by atoms with van der Waals surface area (Å²) >= 11 is 0. The van der Waals surface area contributed by atoms with Crippen LogP contribution in [-0.4, -0.2) is 62.8 Å². The first-order valence-corrected chi connectivity index (χ1v) is 8.35. The van der Waals surface area contributed by atoms with Gasteiger partial charge in [-0.25, -0.2) is 0 Å². The molecule has 0 saturated carbocycles. The molecule has 0 aliphatic carbocycles. The number of aliphatic imine (C=N–C) groups is 1. The van der Waals surface area contributed by atoms with E-state index in [1.54, 1.807) is 0 Å². The van der Waals surface area contributed by atoms with Crippen molar-refractivity contribution in [1.82, 2.24) is 10.2 Å². The summed E-state index contributed by atoms with van der Waals surface area (Å²) in [6.45, 7) is 11.5. The van der Waals surface area contributed by atoms with Crippen LogP contribution < -0.4 is 5.32 Å². The summed E-state index contributed by atoms with van der Waals surface area (Å²) in [5.74, 6) is 0.942. The number of nitrogens with one attached hydrogen (secondary N) is 1. The maximum absolute atomic E-state index is 11.8. The monoisotopic (exact) mass is 439 g/mol. The number of esters is 1. The lowest BCUT2D eigenvalue weighted by atomic mass is 9.89. The summed E-state index contributed by atoms with van der Waals surface area (Å²) in [4.78, 5) is 18.8. The van der Waals surface area contributed by atoms with E-state index in [1.165, 1.54) is 0 Å². The fraction of sp³-hybridized carbons (Fsp3) is 0.875. The SMILES string of the molecule is CCNC(=NCC1(C)COC1)N1CCC(C(=O)OCC)CC1.I. The molecule has 0 aromatic heterocycles. The number of hydrogen-bond donors (Lipinski definition) is 1. The summed E-state index contributed by atoms with van der Waals surface area (Å²) in [5.41, 5.74) is 0.184. The highest BCUT2D eigenvalue weighted by atomic mass is 127. The molecule has 2 aliphatic rings. The average Bonchev–Trinajstić information content (AvgIpc) is 2.50. The highest BCUT2D eigenvalue weighted by molar-refractivity contribution is 14.0. The summed E-state index contributed by atoms with van der Waals surface area (Å²) in [6, 6.07) is 0. The zero-order valence-electron chi connectivity index (χ0n) is 14.5. The predicted octanol–water partition coefficient (Wildman–Crippen LogP) is 1.88. The quantitative estimate of drug-likeness (QED) is 0.307. The van der Waals surface area contributed by atoms with E-state index in [0.29, 0.717) is 6.61 Å². The van der Waals surface area contributed by atoms with Crippen molar-refractivity contribution in [2.75, 3.05) is 46.0 Å². The zero-order chi connectivity index (χ0) is 16.0. The Balaban J connectivity index is 0.00000264. The molecule has 2 rings (SSSR count). The predicted molar refractivity (Wildman–Crippen MR) is 101 cm³/mol. The number of rotatable bonds is 5. The van der Waals surface area contributed by atoms with E-state index in [0.717, 1.165) is 58.2 Å². The number of ether oxygens (including phenoxy) is 2. The van der Waals surface area contributed by atoms with Gasteiger partial charge in [0.05, 0.1) is 32.3 Å². The minimum Gasteiger partial charge on any atom is -0.466 e. The highest BCUT2D eigenvalue weighted by Crippen LogP contribution is 2.27. The van der Waals surface area contributed by atoms with Gasteiger partial charge in [-0.1, -0.05) is 6.92 Å². The van der Waals surface area contributed by atoms with Gasteiger partial charge in [-0.15, -0.1) is 24.0 Å². The van der Waals surface area contributed by atoms with Crippen LogP contribution in [0.3, 0.4) is 0 Å². The van der Waals surface area contributed by atoms with Gasteiger partial charge in [-0.05, 0) is 26.7 Å². The molecule has 23 heavy (non-hydrogen) atoms.